The normalized spacial score (nSPS) is 10.4. The summed E-state index contributed by atoms with van der Waals surface area (Å²) in [6.07, 6.45) is 4.39. The van der Waals surface area contributed by atoms with Gasteiger partial charge in [0.15, 0.2) is 0 Å². The van der Waals surface area contributed by atoms with Crippen LogP contribution in [-0.4, -0.2) is 14.8 Å². The summed E-state index contributed by atoms with van der Waals surface area (Å²) in [6, 6.07) is 1.35. The third-order valence-corrected chi connectivity index (χ3v) is 1.89. The van der Waals surface area contributed by atoms with Gasteiger partial charge in [-0.05, 0) is 6.92 Å². The zero-order valence-electron chi connectivity index (χ0n) is 7.61. The molecule has 0 amide bonds. The highest BCUT2D eigenvalue weighted by atomic mass is 19.1. The Balaban J connectivity index is 2.49. The van der Waals surface area contributed by atoms with Crippen molar-refractivity contribution in [2.45, 2.75) is 6.92 Å². The summed E-state index contributed by atoms with van der Waals surface area (Å²) in [5.41, 5.74) is 6.99. The Bertz CT molecular complexity index is 444. The molecule has 2 N–H and O–H groups in total. The Hall–Kier alpha value is -1.91. The lowest BCUT2D eigenvalue weighted by molar-refractivity contribution is 0.618. The third kappa shape index (κ3) is 1.44. The van der Waals surface area contributed by atoms with Crippen LogP contribution in [0.4, 0.5) is 10.2 Å². The van der Waals surface area contributed by atoms with Crippen LogP contribution in [0.3, 0.4) is 0 Å². The topological polar surface area (TPSA) is 56.7 Å². The van der Waals surface area contributed by atoms with Crippen LogP contribution in [0.2, 0.25) is 0 Å². The maximum Gasteiger partial charge on any atom is 0.148 e. The second-order valence-corrected chi connectivity index (χ2v) is 3.00. The van der Waals surface area contributed by atoms with Crippen molar-refractivity contribution in [1.29, 1.82) is 0 Å². The summed E-state index contributed by atoms with van der Waals surface area (Å²) in [5.74, 6) is 0.0449. The van der Waals surface area contributed by atoms with E-state index in [9.17, 15) is 4.39 Å². The van der Waals surface area contributed by atoms with Crippen molar-refractivity contribution in [3.8, 4) is 5.69 Å². The van der Waals surface area contributed by atoms with Crippen LogP contribution in [-0.2, 0) is 0 Å². The molecule has 72 valence electrons. The Morgan fingerprint density at radius 3 is 2.79 bits per heavy atom. The molecule has 0 bridgehead atoms. The van der Waals surface area contributed by atoms with E-state index in [0.29, 0.717) is 11.5 Å². The van der Waals surface area contributed by atoms with Gasteiger partial charge in [-0.3, -0.25) is 4.98 Å². The molecule has 0 saturated carbocycles. The first kappa shape index (κ1) is 8.68. The summed E-state index contributed by atoms with van der Waals surface area (Å²) < 4.78 is 14.3. The first-order valence-corrected chi connectivity index (χ1v) is 4.09. The number of aromatic nitrogens is 3. The van der Waals surface area contributed by atoms with E-state index >= 15 is 0 Å². The van der Waals surface area contributed by atoms with E-state index in [1.165, 1.54) is 16.9 Å². The second-order valence-electron chi connectivity index (χ2n) is 3.00. The molecule has 0 atom stereocenters. The van der Waals surface area contributed by atoms with E-state index in [0.717, 1.165) is 11.8 Å². The lowest BCUT2D eigenvalue weighted by Gasteiger charge is -1.98. The lowest BCUT2D eigenvalue weighted by atomic mass is 10.4. The van der Waals surface area contributed by atoms with Gasteiger partial charge in [0.25, 0.3) is 0 Å². The van der Waals surface area contributed by atoms with Crippen molar-refractivity contribution in [2.75, 3.05) is 5.73 Å². The summed E-state index contributed by atoms with van der Waals surface area (Å²) in [6.45, 7) is 1.84. The largest absolute Gasteiger partial charge is 0.382 e. The van der Waals surface area contributed by atoms with Crippen LogP contribution in [0.5, 0.6) is 0 Å². The van der Waals surface area contributed by atoms with Crippen molar-refractivity contribution in [1.82, 2.24) is 14.8 Å². The molecule has 0 aromatic carbocycles. The molecule has 2 rings (SSSR count). The molecule has 0 unspecified atom stereocenters. The number of halogens is 1. The molecule has 0 fully saturated rings. The lowest BCUT2D eigenvalue weighted by Crippen LogP contribution is -1.97. The van der Waals surface area contributed by atoms with Crippen LogP contribution in [0.25, 0.3) is 5.69 Å². The molecule has 0 aliphatic carbocycles. The second kappa shape index (κ2) is 3.10. The van der Waals surface area contributed by atoms with Crippen LogP contribution in [0.15, 0.2) is 24.7 Å². The number of nitrogen functional groups attached to an aromatic ring is 1. The molecule has 2 aromatic rings. The molecule has 0 saturated heterocycles. The highest BCUT2D eigenvalue weighted by Crippen LogP contribution is 2.12. The van der Waals surface area contributed by atoms with E-state index in [2.05, 4.69) is 10.1 Å². The number of hydrogen-bond donors (Lipinski definition) is 1. The fourth-order valence-electron chi connectivity index (χ4n) is 1.13. The molecule has 0 radical (unpaired) electrons. The predicted octanol–water partition coefficient (Wildman–Crippen LogP) is 1.30. The number of anilines is 1. The minimum absolute atomic E-state index is 0.394. The SMILES string of the molecule is Cc1cn(-c2cncc(F)c2)nc1N. The highest BCUT2D eigenvalue weighted by molar-refractivity contribution is 5.39. The zero-order valence-corrected chi connectivity index (χ0v) is 7.61. The van der Waals surface area contributed by atoms with E-state index in [1.54, 1.807) is 6.20 Å². The number of aryl methyl sites for hydroxylation is 1. The van der Waals surface area contributed by atoms with Gasteiger partial charge >= 0.3 is 0 Å². The maximum absolute atomic E-state index is 12.8. The molecule has 2 aromatic heterocycles. The van der Waals surface area contributed by atoms with E-state index in [1.807, 2.05) is 6.92 Å². The monoisotopic (exact) mass is 192 g/mol. The number of hydrogen-bond acceptors (Lipinski definition) is 3. The van der Waals surface area contributed by atoms with Gasteiger partial charge < -0.3 is 5.73 Å². The van der Waals surface area contributed by atoms with Crippen LogP contribution >= 0.6 is 0 Å². The standard InChI is InChI=1S/C9H9FN4/c1-6-5-14(13-9(6)11)8-2-7(10)3-12-4-8/h2-5H,1H3,(H2,11,13). The molecule has 0 aliphatic heterocycles. The van der Waals surface area contributed by atoms with Crippen LogP contribution < -0.4 is 5.73 Å². The first-order valence-electron chi connectivity index (χ1n) is 4.09. The quantitative estimate of drug-likeness (QED) is 0.740. The average molecular weight is 192 g/mol. The van der Waals surface area contributed by atoms with Crippen molar-refractivity contribution in [3.63, 3.8) is 0 Å². The molecular formula is C9H9FN4. The summed E-state index contributed by atoms with van der Waals surface area (Å²) in [5, 5.41) is 4.01. The molecular weight excluding hydrogens is 183 g/mol. The van der Waals surface area contributed by atoms with Gasteiger partial charge in [-0.2, -0.15) is 5.10 Å². The van der Waals surface area contributed by atoms with Crippen molar-refractivity contribution in [3.05, 3.63) is 36.0 Å². The van der Waals surface area contributed by atoms with Crippen LogP contribution in [0.1, 0.15) is 5.56 Å². The molecule has 5 heteroatoms. The Kier molecular flexibility index (Phi) is 1.92. The predicted molar refractivity (Wildman–Crippen MR) is 50.5 cm³/mol. The number of pyridine rings is 1. The van der Waals surface area contributed by atoms with Crippen molar-refractivity contribution >= 4 is 5.82 Å². The van der Waals surface area contributed by atoms with Gasteiger partial charge in [-0.15, -0.1) is 0 Å². The van der Waals surface area contributed by atoms with Crippen LogP contribution in [0, 0.1) is 12.7 Å². The summed E-state index contributed by atoms with van der Waals surface area (Å²) >= 11 is 0. The number of nitrogens with two attached hydrogens (primary N) is 1. The van der Waals surface area contributed by atoms with E-state index in [4.69, 9.17) is 5.73 Å². The Morgan fingerprint density at radius 2 is 2.21 bits per heavy atom. The Labute approximate surface area is 80.2 Å². The van der Waals surface area contributed by atoms with Gasteiger partial charge in [0.2, 0.25) is 0 Å². The van der Waals surface area contributed by atoms with Gasteiger partial charge in [-0.25, -0.2) is 9.07 Å². The number of nitrogens with zero attached hydrogens (tertiary/aromatic N) is 3. The average Bonchev–Trinajstić information content (AvgIpc) is 2.47. The number of rotatable bonds is 1. The molecule has 2 heterocycles. The highest BCUT2D eigenvalue weighted by Gasteiger charge is 2.03. The van der Waals surface area contributed by atoms with Gasteiger partial charge in [0.1, 0.15) is 11.6 Å². The summed E-state index contributed by atoms with van der Waals surface area (Å²) in [7, 11) is 0. The van der Waals surface area contributed by atoms with Gasteiger partial charge in [0.05, 0.1) is 18.1 Å². The zero-order chi connectivity index (χ0) is 10.1. The molecule has 14 heavy (non-hydrogen) atoms. The summed E-state index contributed by atoms with van der Waals surface area (Å²) in [4.78, 5) is 3.72. The molecule has 4 nitrogen and oxygen atoms in total. The van der Waals surface area contributed by atoms with Gasteiger partial charge in [0, 0.05) is 17.8 Å². The Morgan fingerprint density at radius 1 is 1.43 bits per heavy atom. The van der Waals surface area contributed by atoms with E-state index < -0.39 is 5.82 Å². The minimum Gasteiger partial charge on any atom is -0.382 e. The molecule has 0 spiro atoms. The van der Waals surface area contributed by atoms with Crippen molar-refractivity contribution in [2.24, 2.45) is 0 Å². The fraction of sp³-hybridized carbons (Fsp3) is 0.111. The first-order chi connectivity index (χ1) is 6.66. The smallest absolute Gasteiger partial charge is 0.148 e. The minimum atomic E-state index is -0.394. The third-order valence-electron chi connectivity index (χ3n) is 1.89. The molecule has 0 aliphatic rings. The van der Waals surface area contributed by atoms with Gasteiger partial charge in [-0.1, -0.05) is 0 Å². The fourth-order valence-corrected chi connectivity index (χ4v) is 1.13. The van der Waals surface area contributed by atoms with E-state index in [-0.39, 0.29) is 0 Å². The maximum atomic E-state index is 12.8. The van der Waals surface area contributed by atoms with Crippen molar-refractivity contribution < 1.29 is 4.39 Å².